The summed E-state index contributed by atoms with van der Waals surface area (Å²) in [7, 11) is 0. The Morgan fingerprint density at radius 2 is 1.67 bits per heavy atom. The maximum Gasteiger partial charge on any atom is 0.410 e. The SMILES string of the molecule is CCCC(CCC)CN(CCOc1ccc(CC(OCC)C(=O)O)cc1)C(=O)OC(C)CC. The van der Waals surface area contributed by atoms with Crippen molar-refractivity contribution in [1.29, 1.82) is 0 Å². The average Bonchev–Trinajstić information content (AvgIpc) is 2.79. The normalized spacial score (nSPS) is 12.9. The highest BCUT2D eigenvalue weighted by Crippen LogP contribution is 2.18. The van der Waals surface area contributed by atoms with E-state index in [1.807, 2.05) is 38.1 Å². The molecule has 0 radical (unpaired) electrons. The minimum absolute atomic E-state index is 0.115. The summed E-state index contributed by atoms with van der Waals surface area (Å²) in [6, 6.07) is 7.33. The first kappa shape index (κ1) is 28.8. The molecular formula is C26H43NO6. The summed E-state index contributed by atoms with van der Waals surface area (Å²) >= 11 is 0. The van der Waals surface area contributed by atoms with Gasteiger partial charge in [0.2, 0.25) is 0 Å². The molecule has 7 heteroatoms. The molecule has 0 bridgehead atoms. The van der Waals surface area contributed by atoms with Crippen molar-refractivity contribution >= 4 is 12.1 Å². The molecule has 1 aromatic carbocycles. The van der Waals surface area contributed by atoms with Crippen LogP contribution in [0.2, 0.25) is 0 Å². The fraction of sp³-hybridized carbons (Fsp3) is 0.692. The number of hydrogen-bond donors (Lipinski definition) is 1. The van der Waals surface area contributed by atoms with Crippen LogP contribution in [0.3, 0.4) is 0 Å². The third-order valence-electron chi connectivity index (χ3n) is 5.63. The first-order valence-corrected chi connectivity index (χ1v) is 12.4. The predicted molar refractivity (Wildman–Crippen MR) is 130 cm³/mol. The molecule has 0 aliphatic carbocycles. The number of carboxylic acid groups (broad SMARTS) is 1. The number of carbonyl (C=O) groups excluding carboxylic acids is 1. The first-order valence-electron chi connectivity index (χ1n) is 12.4. The predicted octanol–water partition coefficient (Wildman–Crippen LogP) is 5.55. The molecule has 0 aliphatic rings. The lowest BCUT2D eigenvalue weighted by Crippen LogP contribution is -2.40. The molecule has 1 rings (SSSR count). The molecule has 188 valence electrons. The summed E-state index contributed by atoms with van der Waals surface area (Å²) in [5.41, 5.74) is 0.865. The number of amides is 1. The van der Waals surface area contributed by atoms with E-state index in [4.69, 9.17) is 14.2 Å². The van der Waals surface area contributed by atoms with Gasteiger partial charge in [-0.05, 0) is 56.7 Å². The Hall–Kier alpha value is -2.28. The molecule has 33 heavy (non-hydrogen) atoms. The topological polar surface area (TPSA) is 85.3 Å². The van der Waals surface area contributed by atoms with Gasteiger partial charge in [0, 0.05) is 19.6 Å². The van der Waals surface area contributed by atoms with Gasteiger partial charge in [-0.3, -0.25) is 0 Å². The standard InChI is InChI=1S/C26H43NO6/c1-6-10-22(11-7-2)19-27(26(30)33-20(5)8-3)16-17-32-23-14-12-21(13-15-23)18-24(25(28)29)31-9-4/h12-15,20,22,24H,6-11,16-19H2,1-5H3,(H,28,29). The molecule has 1 aromatic rings. The van der Waals surface area contributed by atoms with Gasteiger partial charge in [-0.2, -0.15) is 0 Å². The van der Waals surface area contributed by atoms with Crippen LogP contribution in [0, 0.1) is 5.92 Å². The third kappa shape index (κ3) is 11.4. The zero-order chi connectivity index (χ0) is 24.6. The highest BCUT2D eigenvalue weighted by Gasteiger charge is 2.21. The van der Waals surface area contributed by atoms with Crippen LogP contribution in [-0.2, 0) is 20.7 Å². The number of ether oxygens (including phenoxy) is 3. The van der Waals surface area contributed by atoms with Crippen molar-refractivity contribution in [3.63, 3.8) is 0 Å². The summed E-state index contributed by atoms with van der Waals surface area (Å²) in [5.74, 6) is 0.165. The second-order valence-electron chi connectivity index (χ2n) is 8.47. The molecule has 0 saturated carbocycles. The van der Waals surface area contributed by atoms with Crippen LogP contribution < -0.4 is 4.74 Å². The highest BCUT2D eigenvalue weighted by molar-refractivity contribution is 5.72. The van der Waals surface area contributed by atoms with Crippen LogP contribution in [0.25, 0.3) is 0 Å². The minimum atomic E-state index is -0.967. The first-order chi connectivity index (χ1) is 15.8. The van der Waals surface area contributed by atoms with Gasteiger partial charge in [0.15, 0.2) is 6.10 Å². The number of carboxylic acids is 1. The van der Waals surface area contributed by atoms with Crippen LogP contribution in [0.5, 0.6) is 5.75 Å². The van der Waals surface area contributed by atoms with E-state index >= 15 is 0 Å². The quantitative estimate of drug-likeness (QED) is 0.325. The average molecular weight is 466 g/mol. The van der Waals surface area contributed by atoms with Gasteiger partial charge in [-0.15, -0.1) is 0 Å². The second kappa shape index (κ2) is 16.4. The summed E-state index contributed by atoms with van der Waals surface area (Å²) in [4.78, 5) is 25.8. The zero-order valence-electron chi connectivity index (χ0n) is 21.0. The third-order valence-corrected chi connectivity index (χ3v) is 5.63. The van der Waals surface area contributed by atoms with E-state index in [0.717, 1.165) is 37.7 Å². The summed E-state index contributed by atoms with van der Waals surface area (Å²) < 4.78 is 16.7. The molecule has 0 heterocycles. The van der Waals surface area contributed by atoms with Crippen molar-refractivity contribution in [2.75, 3.05) is 26.3 Å². The molecule has 0 aromatic heterocycles. The van der Waals surface area contributed by atoms with Gasteiger partial charge in [0.1, 0.15) is 18.5 Å². The molecule has 0 saturated heterocycles. The van der Waals surface area contributed by atoms with Crippen molar-refractivity contribution in [3.05, 3.63) is 29.8 Å². The Balaban J connectivity index is 2.70. The Bertz CT molecular complexity index is 672. The lowest BCUT2D eigenvalue weighted by atomic mass is 9.98. The van der Waals surface area contributed by atoms with Gasteiger partial charge >= 0.3 is 12.1 Å². The van der Waals surface area contributed by atoms with E-state index in [1.165, 1.54) is 0 Å². The minimum Gasteiger partial charge on any atom is -0.492 e. The monoisotopic (exact) mass is 465 g/mol. The van der Waals surface area contributed by atoms with E-state index in [9.17, 15) is 14.7 Å². The van der Waals surface area contributed by atoms with E-state index < -0.39 is 12.1 Å². The van der Waals surface area contributed by atoms with Crippen LogP contribution in [0.4, 0.5) is 4.79 Å². The molecule has 1 N–H and O–H groups in total. The molecule has 0 spiro atoms. The number of benzene rings is 1. The maximum atomic E-state index is 12.7. The van der Waals surface area contributed by atoms with Gasteiger partial charge < -0.3 is 24.2 Å². The second-order valence-corrected chi connectivity index (χ2v) is 8.47. The smallest absolute Gasteiger partial charge is 0.410 e. The lowest BCUT2D eigenvalue weighted by molar-refractivity contribution is -0.149. The fourth-order valence-corrected chi connectivity index (χ4v) is 3.67. The van der Waals surface area contributed by atoms with E-state index in [1.54, 1.807) is 11.8 Å². The van der Waals surface area contributed by atoms with Gasteiger partial charge in [-0.1, -0.05) is 45.7 Å². The molecule has 1 amide bonds. The maximum absolute atomic E-state index is 12.7. The number of nitrogens with zero attached hydrogens (tertiary/aromatic N) is 1. The van der Waals surface area contributed by atoms with Gasteiger partial charge in [0.05, 0.1) is 6.54 Å². The zero-order valence-corrected chi connectivity index (χ0v) is 21.0. The molecule has 2 atom stereocenters. The lowest BCUT2D eigenvalue weighted by Gasteiger charge is -2.28. The van der Waals surface area contributed by atoms with E-state index in [0.29, 0.717) is 44.4 Å². The Labute approximate surface area is 199 Å². The number of carbonyl (C=O) groups is 2. The Morgan fingerprint density at radius 1 is 1.03 bits per heavy atom. The molecule has 0 fully saturated rings. The Kier molecular flexibility index (Phi) is 14.2. The van der Waals surface area contributed by atoms with Gasteiger partial charge in [-0.25, -0.2) is 9.59 Å². The highest BCUT2D eigenvalue weighted by atomic mass is 16.6. The number of rotatable bonds is 17. The molecule has 2 unspecified atom stereocenters. The summed E-state index contributed by atoms with van der Waals surface area (Å²) in [5, 5.41) is 9.24. The van der Waals surface area contributed by atoms with E-state index in [-0.39, 0.29) is 12.2 Å². The molecule has 7 nitrogen and oxygen atoms in total. The van der Waals surface area contributed by atoms with E-state index in [2.05, 4.69) is 13.8 Å². The van der Waals surface area contributed by atoms with Crippen molar-refractivity contribution in [2.24, 2.45) is 5.92 Å². The van der Waals surface area contributed by atoms with Gasteiger partial charge in [0.25, 0.3) is 0 Å². The van der Waals surface area contributed by atoms with Crippen LogP contribution in [0.1, 0.15) is 72.3 Å². The number of hydrogen-bond acceptors (Lipinski definition) is 5. The van der Waals surface area contributed by atoms with Crippen molar-refractivity contribution < 1.29 is 28.9 Å². The van der Waals surface area contributed by atoms with Crippen molar-refractivity contribution in [2.45, 2.75) is 85.4 Å². The largest absolute Gasteiger partial charge is 0.492 e. The summed E-state index contributed by atoms with van der Waals surface area (Å²) in [6.45, 7) is 11.9. The van der Waals surface area contributed by atoms with Crippen LogP contribution >= 0.6 is 0 Å². The molecular weight excluding hydrogens is 422 g/mol. The summed E-state index contributed by atoms with van der Waals surface area (Å²) in [6.07, 6.45) is 4.18. The Morgan fingerprint density at radius 3 is 2.18 bits per heavy atom. The molecule has 0 aliphatic heterocycles. The number of aliphatic carboxylic acids is 1. The van der Waals surface area contributed by atoms with Crippen molar-refractivity contribution in [1.82, 2.24) is 4.90 Å². The fourth-order valence-electron chi connectivity index (χ4n) is 3.67. The van der Waals surface area contributed by atoms with Crippen molar-refractivity contribution in [3.8, 4) is 5.75 Å². The van der Waals surface area contributed by atoms with Crippen LogP contribution in [0.15, 0.2) is 24.3 Å². The van der Waals surface area contributed by atoms with Crippen LogP contribution in [-0.4, -0.2) is 60.6 Å².